The minimum Gasteiger partial charge on any atom is -0.346 e. The van der Waals surface area contributed by atoms with E-state index in [1.165, 1.54) is 0 Å². The first-order valence-electron chi connectivity index (χ1n) is 7.44. The quantitative estimate of drug-likeness (QED) is 0.744. The van der Waals surface area contributed by atoms with Crippen LogP contribution in [0.2, 0.25) is 0 Å². The lowest BCUT2D eigenvalue weighted by Crippen LogP contribution is -2.54. The van der Waals surface area contributed by atoms with Crippen LogP contribution in [-0.2, 0) is 14.3 Å². The van der Waals surface area contributed by atoms with Crippen molar-refractivity contribution in [3.8, 4) is 0 Å². The van der Waals surface area contributed by atoms with Gasteiger partial charge in [-0.05, 0) is 33.2 Å². The van der Waals surface area contributed by atoms with Crippen LogP contribution < -0.4 is 0 Å². The summed E-state index contributed by atoms with van der Waals surface area (Å²) in [5.74, 6) is -0.144. The van der Waals surface area contributed by atoms with Crippen LogP contribution in [0.15, 0.2) is 0 Å². The van der Waals surface area contributed by atoms with E-state index in [1.807, 2.05) is 4.90 Å². The molecule has 0 aromatic rings. The SMILES string of the molecule is CC(C)N1CCC(N2CCCC3(C2)OCCO3)C1=O. The number of hydrogen-bond acceptors (Lipinski definition) is 4. The van der Waals surface area contributed by atoms with E-state index < -0.39 is 5.79 Å². The Labute approximate surface area is 114 Å². The smallest absolute Gasteiger partial charge is 0.240 e. The van der Waals surface area contributed by atoms with E-state index in [4.69, 9.17) is 9.47 Å². The van der Waals surface area contributed by atoms with Crippen molar-refractivity contribution in [2.75, 3.05) is 32.8 Å². The summed E-state index contributed by atoms with van der Waals surface area (Å²) in [6, 6.07) is 0.336. The third-order valence-corrected chi connectivity index (χ3v) is 4.54. The van der Waals surface area contributed by atoms with E-state index in [1.54, 1.807) is 0 Å². The molecule has 0 bridgehead atoms. The first kappa shape index (κ1) is 13.3. The molecule has 1 atom stereocenters. The summed E-state index contributed by atoms with van der Waals surface area (Å²) in [5.41, 5.74) is 0. The maximum absolute atomic E-state index is 12.5. The van der Waals surface area contributed by atoms with Crippen molar-refractivity contribution in [1.82, 2.24) is 9.80 Å². The fraction of sp³-hybridized carbons (Fsp3) is 0.929. The highest BCUT2D eigenvalue weighted by molar-refractivity contribution is 5.84. The number of amides is 1. The second-order valence-corrected chi connectivity index (χ2v) is 6.11. The average Bonchev–Trinajstić information content (AvgIpc) is 2.97. The Morgan fingerprint density at radius 3 is 2.63 bits per heavy atom. The summed E-state index contributed by atoms with van der Waals surface area (Å²) in [6.45, 7) is 8.15. The van der Waals surface area contributed by atoms with Gasteiger partial charge in [0, 0.05) is 19.0 Å². The zero-order valence-electron chi connectivity index (χ0n) is 11.9. The van der Waals surface area contributed by atoms with Gasteiger partial charge in [0.1, 0.15) is 0 Å². The fourth-order valence-electron chi connectivity index (χ4n) is 3.56. The highest BCUT2D eigenvalue weighted by atomic mass is 16.7. The van der Waals surface area contributed by atoms with Gasteiger partial charge in [0.25, 0.3) is 0 Å². The first-order chi connectivity index (χ1) is 9.11. The molecule has 0 radical (unpaired) electrons. The Morgan fingerprint density at radius 2 is 2.00 bits per heavy atom. The molecule has 3 saturated heterocycles. The van der Waals surface area contributed by atoms with Gasteiger partial charge < -0.3 is 14.4 Å². The van der Waals surface area contributed by atoms with Crippen LogP contribution in [0.25, 0.3) is 0 Å². The highest BCUT2D eigenvalue weighted by Crippen LogP contribution is 2.33. The summed E-state index contributed by atoms with van der Waals surface area (Å²) in [7, 11) is 0. The number of hydrogen-bond donors (Lipinski definition) is 0. The molecule has 0 N–H and O–H groups in total. The van der Waals surface area contributed by atoms with E-state index in [2.05, 4.69) is 18.7 Å². The van der Waals surface area contributed by atoms with Gasteiger partial charge in [0.15, 0.2) is 5.79 Å². The largest absolute Gasteiger partial charge is 0.346 e. The second kappa shape index (κ2) is 5.04. The van der Waals surface area contributed by atoms with Crippen LogP contribution in [0.3, 0.4) is 0 Å². The molecule has 3 aliphatic rings. The normalized spacial score (nSPS) is 31.8. The monoisotopic (exact) mass is 268 g/mol. The molecule has 0 aliphatic carbocycles. The topological polar surface area (TPSA) is 42.0 Å². The van der Waals surface area contributed by atoms with E-state index in [0.717, 1.165) is 38.9 Å². The molecule has 3 heterocycles. The zero-order chi connectivity index (χ0) is 13.5. The van der Waals surface area contributed by atoms with Crippen molar-refractivity contribution in [3.05, 3.63) is 0 Å². The van der Waals surface area contributed by atoms with Gasteiger partial charge in [-0.3, -0.25) is 9.69 Å². The number of likely N-dealkylation sites (tertiary alicyclic amines) is 2. The highest BCUT2D eigenvalue weighted by Gasteiger charge is 2.45. The van der Waals surface area contributed by atoms with Crippen molar-refractivity contribution in [3.63, 3.8) is 0 Å². The molecule has 3 rings (SSSR count). The van der Waals surface area contributed by atoms with Gasteiger partial charge in [0.2, 0.25) is 5.91 Å². The number of ether oxygens (including phenoxy) is 2. The van der Waals surface area contributed by atoms with E-state index in [-0.39, 0.29) is 11.9 Å². The Bertz CT molecular complexity index is 353. The van der Waals surface area contributed by atoms with Gasteiger partial charge >= 0.3 is 0 Å². The lowest BCUT2D eigenvalue weighted by Gasteiger charge is -2.40. The van der Waals surface area contributed by atoms with Crippen LogP contribution in [-0.4, -0.2) is 66.4 Å². The van der Waals surface area contributed by atoms with Crippen LogP contribution >= 0.6 is 0 Å². The first-order valence-corrected chi connectivity index (χ1v) is 7.44. The van der Waals surface area contributed by atoms with Crippen molar-refractivity contribution in [1.29, 1.82) is 0 Å². The third kappa shape index (κ3) is 2.39. The Hall–Kier alpha value is -0.650. The predicted molar refractivity (Wildman–Crippen MR) is 70.7 cm³/mol. The lowest BCUT2D eigenvalue weighted by atomic mass is 10.0. The van der Waals surface area contributed by atoms with Gasteiger partial charge in [0.05, 0.1) is 25.8 Å². The van der Waals surface area contributed by atoms with Gasteiger partial charge in [-0.25, -0.2) is 0 Å². The molecule has 3 aliphatic heterocycles. The van der Waals surface area contributed by atoms with Crippen molar-refractivity contribution in [2.24, 2.45) is 0 Å². The van der Waals surface area contributed by atoms with E-state index in [9.17, 15) is 4.79 Å². The molecule has 5 heteroatoms. The molecule has 1 unspecified atom stereocenters. The third-order valence-electron chi connectivity index (χ3n) is 4.54. The number of carbonyl (C=O) groups is 1. The van der Waals surface area contributed by atoms with E-state index in [0.29, 0.717) is 19.3 Å². The Kier molecular flexibility index (Phi) is 3.53. The van der Waals surface area contributed by atoms with Crippen molar-refractivity contribution < 1.29 is 14.3 Å². The molecular formula is C14H24N2O3. The van der Waals surface area contributed by atoms with Crippen molar-refractivity contribution in [2.45, 2.75) is 51.0 Å². The Morgan fingerprint density at radius 1 is 1.26 bits per heavy atom. The number of carbonyl (C=O) groups excluding carboxylic acids is 1. The van der Waals surface area contributed by atoms with Gasteiger partial charge in [-0.15, -0.1) is 0 Å². The maximum Gasteiger partial charge on any atom is 0.240 e. The second-order valence-electron chi connectivity index (χ2n) is 6.11. The zero-order valence-corrected chi connectivity index (χ0v) is 11.9. The molecular weight excluding hydrogens is 244 g/mol. The van der Waals surface area contributed by atoms with Crippen LogP contribution in [0.1, 0.15) is 33.1 Å². The molecule has 1 amide bonds. The Balaban J connectivity index is 1.67. The van der Waals surface area contributed by atoms with E-state index >= 15 is 0 Å². The summed E-state index contributed by atoms with van der Waals surface area (Å²) in [6.07, 6.45) is 2.94. The summed E-state index contributed by atoms with van der Waals surface area (Å²) in [5, 5.41) is 0. The summed E-state index contributed by atoms with van der Waals surface area (Å²) < 4.78 is 11.6. The maximum atomic E-state index is 12.5. The molecule has 0 aromatic heterocycles. The van der Waals surface area contributed by atoms with Gasteiger partial charge in [-0.2, -0.15) is 0 Å². The summed E-state index contributed by atoms with van der Waals surface area (Å²) in [4.78, 5) is 16.7. The average molecular weight is 268 g/mol. The standard InChI is InChI=1S/C14H24N2O3/c1-11(2)16-7-4-12(13(16)17)15-6-3-5-14(10-15)18-8-9-19-14/h11-12H,3-10H2,1-2H3. The molecule has 0 aromatic carbocycles. The van der Waals surface area contributed by atoms with Crippen LogP contribution in [0.5, 0.6) is 0 Å². The molecule has 19 heavy (non-hydrogen) atoms. The molecule has 0 saturated carbocycles. The molecule has 5 nitrogen and oxygen atoms in total. The lowest BCUT2D eigenvalue weighted by molar-refractivity contribution is -0.194. The number of nitrogens with zero attached hydrogens (tertiary/aromatic N) is 2. The summed E-state index contributed by atoms with van der Waals surface area (Å²) >= 11 is 0. The number of piperidine rings is 1. The number of rotatable bonds is 2. The minimum absolute atomic E-state index is 0.0346. The van der Waals surface area contributed by atoms with Crippen molar-refractivity contribution >= 4 is 5.91 Å². The van der Waals surface area contributed by atoms with Crippen LogP contribution in [0, 0.1) is 0 Å². The molecule has 1 spiro atoms. The molecule has 3 fully saturated rings. The predicted octanol–water partition coefficient (Wildman–Crippen LogP) is 0.835. The van der Waals surface area contributed by atoms with Gasteiger partial charge in [-0.1, -0.05) is 0 Å². The molecule has 108 valence electrons. The van der Waals surface area contributed by atoms with Crippen LogP contribution in [0.4, 0.5) is 0 Å². The fourth-order valence-corrected chi connectivity index (χ4v) is 3.56. The minimum atomic E-state index is -0.427.